The molecule has 0 aliphatic heterocycles. The van der Waals surface area contributed by atoms with Gasteiger partial charge < -0.3 is 0 Å². The molecular formula is C14H14N2OS. The smallest absolute Gasteiger partial charge is 0.250 e. The Kier molecular flexibility index (Phi) is 4.25. The Balaban J connectivity index is 1.95. The van der Waals surface area contributed by atoms with Gasteiger partial charge in [0.2, 0.25) is 5.91 Å². The van der Waals surface area contributed by atoms with Gasteiger partial charge in [-0.3, -0.25) is 10.1 Å². The first-order chi connectivity index (χ1) is 8.78. The summed E-state index contributed by atoms with van der Waals surface area (Å²) in [6.07, 6.45) is 5.99. The Labute approximate surface area is 110 Å². The second-order valence-corrected chi connectivity index (χ2v) is 4.65. The van der Waals surface area contributed by atoms with Crippen molar-refractivity contribution in [1.82, 2.24) is 4.98 Å². The number of aromatic nitrogens is 1. The van der Waals surface area contributed by atoms with E-state index >= 15 is 0 Å². The summed E-state index contributed by atoms with van der Waals surface area (Å²) in [6, 6.07) is 8.15. The quantitative estimate of drug-likeness (QED) is 0.854. The minimum absolute atomic E-state index is 0.162. The average molecular weight is 258 g/mol. The van der Waals surface area contributed by atoms with E-state index in [9.17, 15) is 4.79 Å². The highest BCUT2D eigenvalue weighted by molar-refractivity contribution is 7.13. The fraction of sp³-hybridized carbons (Fsp3) is 0.143. The molecule has 1 aromatic heterocycles. The molecule has 0 spiro atoms. The molecule has 4 heteroatoms. The van der Waals surface area contributed by atoms with E-state index in [2.05, 4.69) is 29.4 Å². The monoisotopic (exact) mass is 258 g/mol. The molecule has 1 N–H and O–H groups in total. The number of benzene rings is 1. The topological polar surface area (TPSA) is 42.0 Å². The van der Waals surface area contributed by atoms with Crippen LogP contribution in [0.5, 0.6) is 0 Å². The molecule has 1 heterocycles. The van der Waals surface area contributed by atoms with Crippen LogP contribution in [-0.4, -0.2) is 10.9 Å². The number of nitrogens with zero attached hydrogens (tertiary/aromatic N) is 1. The molecule has 0 atom stereocenters. The fourth-order valence-corrected chi connectivity index (χ4v) is 2.00. The van der Waals surface area contributed by atoms with Gasteiger partial charge in [0.05, 0.1) is 0 Å². The van der Waals surface area contributed by atoms with Crippen LogP contribution in [0.1, 0.15) is 18.1 Å². The zero-order chi connectivity index (χ0) is 12.8. The van der Waals surface area contributed by atoms with E-state index in [1.54, 1.807) is 12.3 Å². The van der Waals surface area contributed by atoms with Crippen molar-refractivity contribution >= 4 is 28.5 Å². The lowest BCUT2D eigenvalue weighted by Gasteiger charge is -1.98. The summed E-state index contributed by atoms with van der Waals surface area (Å²) in [5, 5.41) is 5.14. The van der Waals surface area contributed by atoms with Crippen molar-refractivity contribution in [3.05, 3.63) is 53.0 Å². The van der Waals surface area contributed by atoms with Gasteiger partial charge in [0.25, 0.3) is 0 Å². The van der Waals surface area contributed by atoms with Crippen LogP contribution < -0.4 is 5.32 Å². The molecule has 1 aromatic carbocycles. The van der Waals surface area contributed by atoms with Gasteiger partial charge in [-0.2, -0.15) is 0 Å². The number of anilines is 1. The highest BCUT2D eigenvalue weighted by Crippen LogP contribution is 2.11. The van der Waals surface area contributed by atoms with Gasteiger partial charge in [0, 0.05) is 17.7 Å². The molecule has 3 nitrogen and oxygen atoms in total. The first-order valence-electron chi connectivity index (χ1n) is 5.75. The van der Waals surface area contributed by atoms with Crippen LogP contribution in [0.4, 0.5) is 5.13 Å². The maximum atomic E-state index is 11.6. The molecule has 2 aromatic rings. The van der Waals surface area contributed by atoms with E-state index in [0.29, 0.717) is 5.13 Å². The Morgan fingerprint density at radius 2 is 2.17 bits per heavy atom. The van der Waals surface area contributed by atoms with Gasteiger partial charge in [-0.15, -0.1) is 11.3 Å². The van der Waals surface area contributed by atoms with Crippen molar-refractivity contribution in [2.45, 2.75) is 13.3 Å². The predicted octanol–water partition coefficient (Wildman–Crippen LogP) is 3.36. The second-order valence-electron chi connectivity index (χ2n) is 3.75. The van der Waals surface area contributed by atoms with E-state index in [1.807, 2.05) is 17.5 Å². The van der Waals surface area contributed by atoms with Crippen LogP contribution in [0, 0.1) is 0 Å². The maximum absolute atomic E-state index is 11.6. The summed E-state index contributed by atoms with van der Waals surface area (Å²) >= 11 is 1.40. The number of rotatable bonds is 4. The highest BCUT2D eigenvalue weighted by atomic mass is 32.1. The number of hydrogen-bond acceptors (Lipinski definition) is 3. The summed E-state index contributed by atoms with van der Waals surface area (Å²) in [5.41, 5.74) is 2.31. The summed E-state index contributed by atoms with van der Waals surface area (Å²) in [4.78, 5) is 15.6. The molecule has 0 aliphatic carbocycles. The van der Waals surface area contributed by atoms with Crippen molar-refractivity contribution < 1.29 is 4.79 Å². The lowest BCUT2D eigenvalue weighted by Crippen LogP contribution is -2.06. The summed E-state index contributed by atoms with van der Waals surface area (Å²) in [6.45, 7) is 2.12. The normalized spacial score (nSPS) is 10.7. The maximum Gasteiger partial charge on any atom is 0.250 e. The van der Waals surface area contributed by atoms with Crippen molar-refractivity contribution in [1.29, 1.82) is 0 Å². The largest absolute Gasteiger partial charge is 0.298 e. The van der Waals surface area contributed by atoms with Crippen LogP contribution in [0.25, 0.3) is 6.08 Å². The number of carbonyl (C=O) groups is 1. The van der Waals surface area contributed by atoms with E-state index in [0.717, 1.165) is 12.0 Å². The fourth-order valence-electron chi connectivity index (χ4n) is 1.47. The van der Waals surface area contributed by atoms with Crippen molar-refractivity contribution in [3.8, 4) is 0 Å². The van der Waals surface area contributed by atoms with Crippen LogP contribution in [-0.2, 0) is 11.2 Å². The Hall–Kier alpha value is -1.94. The van der Waals surface area contributed by atoms with Crippen LogP contribution in [0.2, 0.25) is 0 Å². The van der Waals surface area contributed by atoms with Gasteiger partial charge >= 0.3 is 0 Å². The number of amides is 1. The Morgan fingerprint density at radius 1 is 1.39 bits per heavy atom. The number of aryl methyl sites for hydroxylation is 1. The van der Waals surface area contributed by atoms with E-state index in [4.69, 9.17) is 0 Å². The third-order valence-corrected chi connectivity index (χ3v) is 3.17. The molecule has 0 bridgehead atoms. The molecule has 0 unspecified atom stereocenters. The molecule has 0 radical (unpaired) electrons. The first kappa shape index (κ1) is 12.5. The molecule has 0 saturated carbocycles. The molecule has 0 saturated heterocycles. The minimum atomic E-state index is -0.162. The third-order valence-electron chi connectivity index (χ3n) is 2.48. The molecule has 0 aliphatic rings. The van der Waals surface area contributed by atoms with Crippen LogP contribution in [0.15, 0.2) is 41.9 Å². The molecule has 18 heavy (non-hydrogen) atoms. The second kappa shape index (κ2) is 6.12. The molecular weight excluding hydrogens is 244 g/mol. The first-order valence-corrected chi connectivity index (χ1v) is 6.63. The SMILES string of the molecule is CCc1ccc(/C=C/C(=O)Nc2nccs2)cc1. The van der Waals surface area contributed by atoms with E-state index in [-0.39, 0.29) is 5.91 Å². The molecule has 92 valence electrons. The standard InChI is InChI=1S/C14H14N2OS/c1-2-11-3-5-12(6-4-11)7-8-13(17)16-14-15-9-10-18-14/h3-10H,2H2,1H3,(H,15,16,17)/b8-7+. The van der Waals surface area contributed by atoms with Crippen LogP contribution >= 0.6 is 11.3 Å². The van der Waals surface area contributed by atoms with Crippen molar-refractivity contribution in [2.75, 3.05) is 5.32 Å². The lowest BCUT2D eigenvalue weighted by atomic mass is 10.1. The van der Waals surface area contributed by atoms with Crippen molar-refractivity contribution in [2.24, 2.45) is 0 Å². The highest BCUT2D eigenvalue weighted by Gasteiger charge is 1.99. The Morgan fingerprint density at radius 3 is 2.78 bits per heavy atom. The van der Waals surface area contributed by atoms with Gasteiger partial charge in [-0.05, 0) is 23.6 Å². The van der Waals surface area contributed by atoms with Crippen LogP contribution in [0.3, 0.4) is 0 Å². The van der Waals surface area contributed by atoms with E-state index in [1.165, 1.54) is 23.0 Å². The Bertz CT molecular complexity index is 529. The number of thiazole rings is 1. The van der Waals surface area contributed by atoms with Gasteiger partial charge in [0.1, 0.15) is 0 Å². The average Bonchev–Trinajstić information content (AvgIpc) is 2.90. The molecule has 0 fully saturated rings. The molecule has 1 amide bonds. The zero-order valence-electron chi connectivity index (χ0n) is 10.1. The zero-order valence-corrected chi connectivity index (χ0v) is 10.9. The number of hydrogen-bond donors (Lipinski definition) is 1. The summed E-state index contributed by atoms with van der Waals surface area (Å²) in [5.74, 6) is -0.162. The number of nitrogens with one attached hydrogen (secondary N) is 1. The van der Waals surface area contributed by atoms with Gasteiger partial charge in [-0.25, -0.2) is 4.98 Å². The molecule has 2 rings (SSSR count). The number of carbonyl (C=O) groups excluding carboxylic acids is 1. The van der Waals surface area contributed by atoms with E-state index < -0.39 is 0 Å². The lowest BCUT2D eigenvalue weighted by molar-refractivity contribution is -0.111. The van der Waals surface area contributed by atoms with Gasteiger partial charge in [0.15, 0.2) is 5.13 Å². The predicted molar refractivity (Wildman–Crippen MR) is 75.6 cm³/mol. The minimum Gasteiger partial charge on any atom is -0.298 e. The van der Waals surface area contributed by atoms with Crippen molar-refractivity contribution in [3.63, 3.8) is 0 Å². The summed E-state index contributed by atoms with van der Waals surface area (Å²) < 4.78 is 0. The summed E-state index contributed by atoms with van der Waals surface area (Å²) in [7, 11) is 0. The van der Waals surface area contributed by atoms with Gasteiger partial charge in [-0.1, -0.05) is 31.2 Å². The third kappa shape index (κ3) is 3.53.